The standard InChI is InChI=1S/C16H26N2O/c1-4-13-5-7-15(8-6-13)18(3)12-16(19)14-9-10-17(2)11-14/h9-11,13,15H,4-8,12H2,1-3H3. The van der Waals surface area contributed by atoms with E-state index in [4.69, 9.17) is 0 Å². The number of hydrogen-bond acceptors (Lipinski definition) is 2. The molecule has 0 N–H and O–H groups in total. The van der Waals surface area contributed by atoms with Crippen molar-refractivity contribution >= 4 is 5.78 Å². The molecule has 0 radical (unpaired) electrons. The van der Waals surface area contributed by atoms with Gasteiger partial charge in [-0.3, -0.25) is 9.69 Å². The molecular formula is C16H26N2O. The Labute approximate surface area is 116 Å². The Bertz CT molecular complexity index is 416. The molecule has 0 aliphatic heterocycles. The van der Waals surface area contributed by atoms with Gasteiger partial charge in [0.15, 0.2) is 5.78 Å². The molecule has 0 unspecified atom stereocenters. The van der Waals surface area contributed by atoms with Gasteiger partial charge < -0.3 is 4.57 Å². The molecule has 1 aromatic rings. The number of hydrogen-bond donors (Lipinski definition) is 0. The summed E-state index contributed by atoms with van der Waals surface area (Å²) >= 11 is 0. The van der Waals surface area contributed by atoms with Crippen LogP contribution in [0, 0.1) is 5.92 Å². The van der Waals surface area contributed by atoms with E-state index in [1.165, 1.54) is 32.1 Å². The van der Waals surface area contributed by atoms with Crippen LogP contribution in [0.15, 0.2) is 18.5 Å². The largest absolute Gasteiger partial charge is 0.357 e. The molecule has 1 aliphatic carbocycles. The van der Waals surface area contributed by atoms with Crippen LogP contribution in [0.2, 0.25) is 0 Å². The third-order valence-corrected chi connectivity index (χ3v) is 4.56. The Hall–Kier alpha value is -1.09. The monoisotopic (exact) mass is 262 g/mol. The lowest BCUT2D eigenvalue weighted by molar-refractivity contribution is 0.0885. The fourth-order valence-corrected chi connectivity index (χ4v) is 3.11. The molecule has 1 heterocycles. The highest BCUT2D eigenvalue weighted by Crippen LogP contribution is 2.28. The van der Waals surface area contributed by atoms with Gasteiger partial charge in [0.05, 0.1) is 6.54 Å². The van der Waals surface area contributed by atoms with E-state index in [1.54, 1.807) is 0 Å². The predicted molar refractivity (Wildman–Crippen MR) is 78.4 cm³/mol. The Morgan fingerprint density at radius 2 is 2.05 bits per heavy atom. The van der Waals surface area contributed by atoms with Crippen LogP contribution in [0.3, 0.4) is 0 Å². The second-order valence-electron chi connectivity index (χ2n) is 5.99. The summed E-state index contributed by atoms with van der Waals surface area (Å²) in [6, 6.07) is 2.50. The summed E-state index contributed by atoms with van der Waals surface area (Å²) in [5.41, 5.74) is 0.830. The lowest BCUT2D eigenvalue weighted by Crippen LogP contribution is -2.38. The normalized spacial score (nSPS) is 23.8. The minimum absolute atomic E-state index is 0.237. The number of aromatic nitrogens is 1. The minimum Gasteiger partial charge on any atom is -0.357 e. The van der Waals surface area contributed by atoms with Crippen molar-refractivity contribution in [2.24, 2.45) is 13.0 Å². The Morgan fingerprint density at radius 3 is 2.58 bits per heavy atom. The van der Waals surface area contributed by atoms with E-state index in [0.29, 0.717) is 12.6 Å². The number of nitrogens with zero attached hydrogens (tertiary/aromatic N) is 2. The predicted octanol–water partition coefficient (Wildman–Crippen LogP) is 3.11. The zero-order valence-corrected chi connectivity index (χ0v) is 12.4. The van der Waals surface area contributed by atoms with Crippen LogP contribution in [0.5, 0.6) is 0 Å². The van der Waals surface area contributed by atoms with Crippen LogP contribution in [0.25, 0.3) is 0 Å². The van der Waals surface area contributed by atoms with Gasteiger partial charge in [0.2, 0.25) is 0 Å². The first-order valence-electron chi connectivity index (χ1n) is 7.45. The van der Waals surface area contributed by atoms with Crippen molar-refractivity contribution in [3.63, 3.8) is 0 Å². The molecule has 0 aromatic carbocycles. The maximum Gasteiger partial charge on any atom is 0.178 e. The van der Waals surface area contributed by atoms with Crippen molar-refractivity contribution in [1.29, 1.82) is 0 Å². The molecule has 1 aliphatic rings. The third kappa shape index (κ3) is 3.69. The van der Waals surface area contributed by atoms with Crippen LogP contribution in [0.4, 0.5) is 0 Å². The molecule has 1 saturated carbocycles. The average Bonchev–Trinajstić information content (AvgIpc) is 2.85. The summed E-state index contributed by atoms with van der Waals surface area (Å²) in [4.78, 5) is 14.4. The number of likely N-dealkylation sites (N-methyl/N-ethyl adjacent to an activating group) is 1. The van der Waals surface area contributed by atoms with E-state index in [9.17, 15) is 4.79 Å². The van der Waals surface area contributed by atoms with E-state index in [1.807, 2.05) is 30.1 Å². The highest BCUT2D eigenvalue weighted by molar-refractivity contribution is 5.97. The highest BCUT2D eigenvalue weighted by Gasteiger charge is 2.24. The van der Waals surface area contributed by atoms with Crippen molar-refractivity contribution < 1.29 is 4.79 Å². The van der Waals surface area contributed by atoms with Gasteiger partial charge in [-0.15, -0.1) is 0 Å². The van der Waals surface area contributed by atoms with Gasteiger partial charge in [0.25, 0.3) is 0 Å². The fraction of sp³-hybridized carbons (Fsp3) is 0.688. The molecule has 0 bridgehead atoms. The van der Waals surface area contributed by atoms with Crippen molar-refractivity contribution in [2.45, 2.75) is 45.1 Å². The maximum atomic E-state index is 12.2. The number of carbonyl (C=O) groups excluding carboxylic acids is 1. The van der Waals surface area contributed by atoms with Crippen LogP contribution in [-0.2, 0) is 7.05 Å². The van der Waals surface area contributed by atoms with Gasteiger partial charge in [-0.25, -0.2) is 0 Å². The quantitative estimate of drug-likeness (QED) is 0.762. The van der Waals surface area contributed by atoms with Gasteiger partial charge >= 0.3 is 0 Å². The lowest BCUT2D eigenvalue weighted by atomic mass is 9.84. The molecule has 1 fully saturated rings. The Balaban J connectivity index is 1.84. The van der Waals surface area contributed by atoms with E-state index >= 15 is 0 Å². The number of ketones is 1. The third-order valence-electron chi connectivity index (χ3n) is 4.56. The second-order valence-corrected chi connectivity index (χ2v) is 5.99. The van der Waals surface area contributed by atoms with Crippen LogP contribution < -0.4 is 0 Å². The van der Waals surface area contributed by atoms with Crippen LogP contribution in [-0.4, -0.2) is 34.9 Å². The van der Waals surface area contributed by atoms with Gasteiger partial charge in [-0.2, -0.15) is 0 Å². The van der Waals surface area contributed by atoms with Crippen molar-refractivity contribution in [3.05, 3.63) is 24.0 Å². The first-order chi connectivity index (χ1) is 9.10. The van der Waals surface area contributed by atoms with Crippen molar-refractivity contribution in [2.75, 3.05) is 13.6 Å². The molecule has 0 amide bonds. The van der Waals surface area contributed by atoms with Crippen molar-refractivity contribution in [3.8, 4) is 0 Å². The SMILES string of the molecule is CCC1CCC(N(C)CC(=O)c2ccn(C)c2)CC1. The number of aryl methyl sites for hydroxylation is 1. The second kappa shape index (κ2) is 6.38. The molecule has 19 heavy (non-hydrogen) atoms. The molecule has 0 spiro atoms. The van der Waals surface area contributed by atoms with E-state index in [2.05, 4.69) is 18.9 Å². The number of rotatable bonds is 5. The lowest BCUT2D eigenvalue weighted by Gasteiger charge is -2.34. The Morgan fingerprint density at radius 1 is 1.37 bits per heavy atom. The van der Waals surface area contributed by atoms with Gasteiger partial charge in [-0.05, 0) is 44.7 Å². The summed E-state index contributed by atoms with van der Waals surface area (Å²) in [5, 5.41) is 0. The Kier molecular flexibility index (Phi) is 4.81. The maximum absolute atomic E-state index is 12.2. The zero-order chi connectivity index (χ0) is 13.8. The van der Waals surface area contributed by atoms with Crippen LogP contribution >= 0.6 is 0 Å². The molecular weight excluding hydrogens is 236 g/mol. The summed E-state index contributed by atoms with van der Waals surface area (Å²) in [6.07, 6.45) is 10.3. The average molecular weight is 262 g/mol. The van der Waals surface area contributed by atoms with E-state index in [0.717, 1.165) is 11.5 Å². The first kappa shape index (κ1) is 14.3. The molecule has 1 aromatic heterocycles. The summed E-state index contributed by atoms with van der Waals surface area (Å²) in [5.74, 6) is 1.15. The first-order valence-corrected chi connectivity index (χ1v) is 7.45. The van der Waals surface area contributed by atoms with Gasteiger partial charge in [0, 0.05) is 31.0 Å². The van der Waals surface area contributed by atoms with E-state index in [-0.39, 0.29) is 5.78 Å². The van der Waals surface area contributed by atoms with Gasteiger partial charge in [0.1, 0.15) is 0 Å². The molecule has 3 nitrogen and oxygen atoms in total. The zero-order valence-electron chi connectivity index (χ0n) is 12.4. The number of carbonyl (C=O) groups is 1. The highest BCUT2D eigenvalue weighted by atomic mass is 16.1. The van der Waals surface area contributed by atoms with Gasteiger partial charge in [-0.1, -0.05) is 13.3 Å². The smallest absolute Gasteiger partial charge is 0.178 e. The minimum atomic E-state index is 0.237. The van der Waals surface area contributed by atoms with E-state index < -0.39 is 0 Å². The summed E-state index contributed by atoms with van der Waals surface area (Å²) in [6.45, 7) is 2.83. The molecule has 0 atom stereocenters. The molecule has 3 heteroatoms. The summed E-state index contributed by atoms with van der Waals surface area (Å²) in [7, 11) is 4.05. The molecule has 106 valence electrons. The topological polar surface area (TPSA) is 25.2 Å². The number of Topliss-reactive ketones (excluding diaryl/α,β-unsaturated/α-hetero) is 1. The molecule has 0 saturated heterocycles. The molecule has 2 rings (SSSR count). The van der Waals surface area contributed by atoms with Crippen molar-refractivity contribution in [1.82, 2.24) is 9.47 Å². The van der Waals surface area contributed by atoms with Crippen LogP contribution in [0.1, 0.15) is 49.4 Å². The fourth-order valence-electron chi connectivity index (χ4n) is 3.11. The summed E-state index contributed by atoms with van der Waals surface area (Å²) < 4.78 is 1.93.